The molecule has 0 heteroatoms. The van der Waals surface area contributed by atoms with Crippen molar-refractivity contribution in [3.8, 4) is 0 Å². The molecule has 2 rings (SSSR count). The van der Waals surface area contributed by atoms with E-state index in [-0.39, 0.29) is 0 Å². The van der Waals surface area contributed by atoms with E-state index in [0.29, 0.717) is 10.8 Å². The molecule has 1 saturated carbocycles. The molecule has 0 aromatic heterocycles. The van der Waals surface area contributed by atoms with Gasteiger partial charge in [0.2, 0.25) is 0 Å². The van der Waals surface area contributed by atoms with Crippen LogP contribution in [0.2, 0.25) is 0 Å². The van der Waals surface area contributed by atoms with Crippen LogP contribution in [0, 0.1) is 10.8 Å². The average molecular weight is 204 g/mol. The van der Waals surface area contributed by atoms with Crippen LogP contribution in [0.4, 0.5) is 0 Å². The van der Waals surface area contributed by atoms with Gasteiger partial charge in [-0.3, -0.25) is 0 Å². The zero-order valence-electron chi connectivity index (χ0n) is 10.3. The van der Waals surface area contributed by atoms with E-state index in [1.54, 1.807) is 0 Å². The normalized spacial score (nSPS) is 45.7. The Morgan fingerprint density at radius 2 is 1.07 bits per heavy atom. The Balaban J connectivity index is 1.97. The lowest BCUT2D eigenvalue weighted by Gasteiger charge is -2.17. The number of hydrogen-bond acceptors (Lipinski definition) is 0. The standard InChI is InChI=1S/C15H24/c1-14-11-9-7-5-3-4-6-8-10-12-15(14,2)13-14/h5-8H,3-4,9-13H2,1-2H3/b7-5-,8-6+/t14-,15+/m1/s1. The minimum absolute atomic E-state index is 0.643. The summed E-state index contributed by atoms with van der Waals surface area (Å²) in [5.41, 5.74) is 1.29. The highest BCUT2D eigenvalue weighted by Gasteiger charge is 2.58. The van der Waals surface area contributed by atoms with E-state index in [4.69, 9.17) is 0 Å². The van der Waals surface area contributed by atoms with Crippen molar-refractivity contribution >= 4 is 0 Å². The monoisotopic (exact) mass is 204 g/mol. The molecule has 2 atom stereocenters. The molecule has 0 heterocycles. The van der Waals surface area contributed by atoms with Crippen LogP contribution < -0.4 is 0 Å². The van der Waals surface area contributed by atoms with Crippen LogP contribution in [-0.2, 0) is 0 Å². The highest BCUT2D eigenvalue weighted by molar-refractivity contribution is 5.10. The lowest BCUT2D eigenvalue weighted by atomic mass is 9.88. The smallest absolute Gasteiger partial charge is 0.0263 e. The van der Waals surface area contributed by atoms with E-state index >= 15 is 0 Å². The van der Waals surface area contributed by atoms with Crippen molar-refractivity contribution in [3.63, 3.8) is 0 Å². The van der Waals surface area contributed by atoms with E-state index in [1.165, 1.54) is 44.9 Å². The summed E-state index contributed by atoms with van der Waals surface area (Å²) in [5, 5.41) is 0. The second-order valence-electron chi connectivity index (χ2n) is 5.90. The second kappa shape index (κ2) is 4.15. The predicted molar refractivity (Wildman–Crippen MR) is 66.8 cm³/mol. The zero-order valence-corrected chi connectivity index (χ0v) is 10.3. The Labute approximate surface area is 94.5 Å². The second-order valence-corrected chi connectivity index (χ2v) is 5.90. The molecule has 0 amide bonds. The first kappa shape index (κ1) is 11.0. The molecule has 0 aromatic carbocycles. The fourth-order valence-corrected chi connectivity index (χ4v) is 3.06. The van der Waals surface area contributed by atoms with Crippen molar-refractivity contribution in [1.29, 1.82) is 0 Å². The van der Waals surface area contributed by atoms with E-state index in [1.807, 2.05) is 0 Å². The Bertz CT molecular complexity index is 246. The summed E-state index contributed by atoms with van der Waals surface area (Å²) in [6, 6.07) is 0. The van der Waals surface area contributed by atoms with E-state index < -0.39 is 0 Å². The first-order chi connectivity index (χ1) is 7.16. The van der Waals surface area contributed by atoms with Gasteiger partial charge in [0.15, 0.2) is 0 Å². The van der Waals surface area contributed by atoms with E-state index in [2.05, 4.69) is 38.2 Å². The van der Waals surface area contributed by atoms with Gasteiger partial charge in [-0.25, -0.2) is 0 Å². The van der Waals surface area contributed by atoms with Crippen LogP contribution in [0.25, 0.3) is 0 Å². The SMILES string of the molecule is C[C@@]12CC/C=C/CC/C=C\CC[C@]1(C)C2. The quantitative estimate of drug-likeness (QED) is 0.494. The molecule has 84 valence electrons. The van der Waals surface area contributed by atoms with Gasteiger partial charge in [0.25, 0.3) is 0 Å². The Morgan fingerprint density at radius 3 is 1.53 bits per heavy atom. The summed E-state index contributed by atoms with van der Waals surface area (Å²) in [7, 11) is 0. The van der Waals surface area contributed by atoms with Gasteiger partial charge in [-0.15, -0.1) is 0 Å². The highest BCUT2D eigenvalue weighted by Crippen LogP contribution is 2.68. The fourth-order valence-electron chi connectivity index (χ4n) is 3.06. The van der Waals surface area contributed by atoms with Gasteiger partial charge in [-0.1, -0.05) is 38.2 Å². The van der Waals surface area contributed by atoms with E-state index in [0.717, 1.165) is 0 Å². The lowest BCUT2D eigenvalue weighted by molar-refractivity contribution is 0.348. The fraction of sp³-hybridized carbons (Fsp3) is 0.733. The molecular weight excluding hydrogens is 180 g/mol. The maximum atomic E-state index is 2.48. The van der Waals surface area contributed by atoms with Crippen LogP contribution in [-0.4, -0.2) is 0 Å². The molecule has 0 unspecified atom stereocenters. The van der Waals surface area contributed by atoms with Crippen molar-refractivity contribution < 1.29 is 0 Å². The number of allylic oxidation sites excluding steroid dienone is 4. The first-order valence-electron chi connectivity index (χ1n) is 6.46. The Morgan fingerprint density at radius 1 is 0.667 bits per heavy atom. The largest absolute Gasteiger partial charge is 0.0885 e. The third-order valence-electron chi connectivity index (χ3n) is 4.67. The molecule has 2 aliphatic carbocycles. The van der Waals surface area contributed by atoms with Crippen LogP contribution >= 0.6 is 0 Å². The molecule has 2 aliphatic rings. The first-order valence-corrected chi connectivity index (χ1v) is 6.46. The molecule has 0 bridgehead atoms. The van der Waals surface area contributed by atoms with Gasteiger partial charge in [-0.2, -0.15) is 0 Å². The highest BCUT2D eigenvalue weighted by atomic mass is 14.6. The van der Waals surface area contributed by atoms with E-state index in [9.17, 15) is 0 Å². The summed E-state index contributed by atoms with van der Waals surface area (Å²) in [5.74, 6) is 0. The summed E-state index contributed by atoms with van der Waals surface area (Å²) in [6.45, 7) is 4.96. The van der Waals surface area contributed by atoms with Crippen LogP contribution in [0.5, 0.6) is 0 Å². The lowest BCUT2D eigenvalue weighted by Crippen LogP contribution is -2.07. The van der Waals surface area contributed by atoms with Crippen molar-refractivity contribution in [2.24, 2.45) is 10.8 Å². The van der Waals surface area contributed by atoms with Crippen molar-refractivity contribution in [2.75, 3.05) is 0 Å². The minimum Gasteiger partial charge on any atom is -0.0885 e. The zero-order chi connectivity index (χ0) is 10.8. The number of hydrogen-bond donors (Lipinski definition) is 0. The average Bonchev–Trinajstić information content (AvgIpc) is 2.70. The topological polar surface area (TPSA) is 0 Å². The molecule has 0 aliphatic heterocycles. The molecule has 0 aromatic rings. The predicted octanol–water partition coefficient (Wildman–Crippen LogP) is 4.87. The van der Waals surface area contributed by atoms with Gasteiger partial charge in [0.1, 0.15) is 0 Å². The van der Waals surface area contributed by atoms with Gasteiger partial charge < -0.3 is 0 Å². The minimum atomic E-state index is 0.643. The van der Waals surface area contributed by atoms with Gasteiger partial charge >= 0.3 is 0 Å². The molecule has 0 radical (unpaired) electrons. The van der Waals surface area contributed by atoms with Crippen LogP contribution in [0.3, 0.4) is 0 Å². The van der Waals surface area contributed by atoms with Gasteiger partial charge in [0.05, 0.1) is 0 Å². The Kier molecular flexibility index (Phi) is 3.04. The third kappa shape index (κ3) is 2.35. The van der Waals surface area contributed by atoms with Crippen LogP contribution in [0.15, 0.2) is 24.3 Å². The molecule has 0 spiro atoms. The molecular formula is C15H24. The van der Waals surface area contributed by atoms with Crippen molar-refractivity contribution in [1.82, 2.24) is 0 Å². The summed E-state index contributed by atoms with van der Waals surface area (Å²) in [4.78, 5) is 0. The molecule has 0 N–H and O–H groups in total. The summed E-state index contributed by atoms with van der Waals surface area (Å²) >= 11 is 0. The van der Waals surface area contributed by atoms with Crippen molar-refractivity contribution in [2.45, 2.75) is 58.8 Å². The van der Waals surface area contributed by atoms with Gasteiger partial charge in [-0.05, 0) is 55.8 Å². The number of fused-ring (bicyclic) bond motifs is 1. The summed E-state index contributed by atoms with van der Waals surface area (Å²) < 4.78 is 0. The molecule has 15 heavy (non-hydrogen) atoms. The maximum absolute atomic E-state index is 2.48. The summed E-state index contributed by atoms with van der Waals surface area (Å²) in [6.07, 6.45) is 18.7. The molecule has 1 fully saturated rings. The molecule has 0 saturated heterocycles. The van der Waals surface area contributed by atoms with Gasteiger partial charge in [0, 0.05) is 0 Å². The Hall–Kier alpha value is -0.520. The van der Waals surface area contributed by atoms with Crippen molar-refractivity contribution in [3.05, 3.63) is 24.3 Å². The maximum Gasteiger partial charge on any atom is -0.0263 e. The van der Waals surface area contributed by atoms with Crippen LogP contribution in [0.1, 0.15) is 58.8 Å². The third-order valence-corrected chi connectivity index (χ3v) is 4.67. The molecule has 0 nitrogen and oxygen atoms in total. The number of rotatable bonds is 0.